The summed E-state index contributed by atoms with van der Waals surface area (Å²) < 4.78 is 0. The van der Waals surface area contributed by atoms with Gasteiger partial charge in [0.1, 0.15) is 6.04 Å². The highest BCUT2D eigenvalue weighted by atomic mass is 35.5. The monoisotopic (exact) mass is 510 g/mol. The molecule has 11 heteroatoms. The lowest BCUT2D eigenvalue weighted by Gasteiger charge is -2.31. The lowest BCUT2D eigenvalue weighted by atomic mass is 9.95. The van der Waals surface area contributed by atoms with Gasteiger partial charge in [-0.1, -0.05) is 29.3 Å². The minimum absolute atomic E-state index is 0.0944. The minimum Gasteiger partial charge on any atom is -0.480 e. The third-order valence-corrected chi connectivity index (χ3v) is 7.25. The number of halogens is 2. The van der Waals surface area contributed by atoms with Crippen molar-refractivity contribution in [2.24, 2.45) is 5.92 Å². The van der Waals surface area contributed by atoms with Gasteiger partial charge in [-0.25, -0.2) is 9.78 Å². The summed E-state index contributed by atoms with van der Waals surface area (Å²) in [5.41, 5.74) is 1.21. The van der Waals surface area contributed by atoms with Gasteiger partial charge in [-0.15, -0.1) is 11.8 Å². The molecule has 2 aromatic rings. The van der Waals surface area contributed by atoms with E-state index in [4.69, 9.17) is 23.2 Å². The van der Waals surface area contributed by atoms with E-state index in [1.807, 2.05) is 18.4 Å². The number of nitrogens with zero attached hydrogens (tertiary/aromatic N) is 2. The number of aliphatic carboxylic acids is 1. The van der Waals surface area contributed by atoms with Crippen molar-refractivity contribution >= 4 is 58.8 Å². The molecule has 3 N–H and O–H groups in total. The summed E-state index contributed by atoms with van der Waals surface area (Å²) in [7, 11) is 0. The Morgan fingerprint density at radius 1 is 1.30 bits per heavy atom. The predicted molar refractivity (Wildman–Crippen MR) is 128 cm³/mol. The Morgan fingerprint density at radius 2 is 2.03 bits per heavy atom. The van der Waals surface area contributed by atoms with Crippen LogP contribution in [0.1, 0.15) is 24.1 Å². The molecule has 1 aliphatic heterocycles. The third-order valence-electron chi connectivity index (χ3n) is 5.46. The van der Waals surface area contributed by atoms with Crippen molar-refractivity contribution in [1.29, 1.82) is 0 Å². The number of carbonyl (C=O) groups excluding carboxylic acids is 2. The van der Waals surface area contributed by atoms with Gasteiger partial charge in [0, 0.05) is 42.6 Å². The van der Waals surface area contributed by atoms with E-state index in [0.29, 0.717) is 47.2 Å². The first-order valence-corrected chi connectivity index (χ1v) is 12.3. The molecule has 1 fully saturated rings. The van der Waals surface area contributed by atoms with Crippen LogP contribution in [0, 0.1) is 5.92 Å². The zero-order chi connectivity index (χ0) is 24.0. The van der Waals surface area contributed by atoms with Gasteiger partial charge in [0.25, 0.3) is 0 Å². The molecule has 1 atom stereocenters. The Morgan fingerprint density at radius 3 is 2.64 bits per heavy atom. The number of imidazole rings is 1. The highest BCUT2D eigenvalue weighted by Gasteiger charge is 2.30. The van der Waals surface area contributed by atoms with Crippen molar-refractivity contribution in [1.82, 2.24) is 20.2 Å². The topological polar surface area (TPSA) is 115 Å². The molecule has 2 amide bonds. The quantitative estimate of drug-likeness (QED) is 0.369. The summed E-state index contributed by atoms with van der Waals surface area (Å²) in [6.45, 7) is 0.802. The van der Waals surface area contributed by atoms with E-state index < -0.39 is 12.0 Å². The first-order chi connectivity index (χ1) is 15.8. The highest BCUT2D eigenvalue weighted by molar-refractivity contribution is 7.98. The molecule has 0 saturated carbocycles. The summed E-state index contributed by atoms with van der Waals surface area (Å²) >= 11 is 14.0. The first-order valence-electron chi connectivity index (χ1n) is 10.3. The van der Waals surface area contributed by atoms with E-state index in [1.54, 1.807) is 17.2 Å². The van der Waals surface area contributed by atoms with Crippen LogP contribution in [0.25, 0.3) is 6.08 Å². The molecule has 0 bridgehead atoms. The van der Waals surface area contributed by atoms with Gasteiger partial charge in [0.2, 0.25) is 11.8 Å². The normalized spacial score (nSPS) is 15.5. The van der Waals surface area contributed by atoms with E-state index in [0.717, 1.165) is 4.90 Å². The smallest absolute Gasteiger partial charge is 0.326 e. The van der Waals surface area contributed by atoms with E-state index in [-0.39, 0.29) is 24.2 Å². The largest absolute Gasteiger partial charge is 0.480 e. The number of aromatic nitrogens is 2. The number of piperidine rings is 1. The maximum Gasteiger partial charge on any atom is 0.326 e. The van der Waals surface area contributed by atoms with Crippen LogP contribution in [0.5, 0.6) is 0 Å². The van der Waals surface area contributed by atoms with Gasteiger partial charge < -0.3 is 20.3 Å². The van der Waals surface area contributed by atoms with Crippen molar-refractivity contribution in [2.75, 3.05) is 19.3 Å². The number of hydrogen-bond acceptors (Lipinski definition) is 5. The van der Waals surface area contributed by atoms with E-state index in [2.05, 4.69) is 15.3 Å². The van der Waals surface area contributed by atoms with Crippen molar-refractivity contribution in [3.8, 4) is 0 Å². The molecule has 1 aromatic heterocycles. The van der Waals surface area contributed by atoms with Gasteiger partial charge in [-0.2, -0.15) is 0 Å². The van der Waals surface area contributed by atoms with Crippen molar-refractivity contribution in [3.63, 3.8) is 0 Å². The lowest BCUT2D eigenvalue weighted by molar-refractivity contribution is -0.142. The summed E-state index contributed by atoms with van der Waals surface area (Å²) in [4.78, 5) is 46.0. The Hall–Kier alpha value is -2.49. The Kier molecular flexibility index (Phi) is 8.82. The summed E-state index contributed by atoms with van der Waals surface area (Å²) in [5.74, 6) is -1.98. The molecule has 1 aromatic carbocycles. The average Bonchev–Trinajstić information content (AvgIpc) is 3.32. The molecule has 33 heavy (non-hydrogen) atoms. The third kappa shape index (κ3) is 6.52. The highest BCUT2D eigenvalue weighted by Crippen LogP contribution is 2.35. The van der Waals surface area contributed by atoms with Crippen LogP contribution >= 0.6 is 35.0 Å². The number of H-pyrrole nitrogens is 1. The molecule has 1 unspecified atom stereocenters. The van der Waals surface area contributed by atoms with Crippen molar-refractivity contribution in [2.45, 2.75) is 30.2 Å². The molecular formula is C22H24Cl2N4O4S. The first kappa shape index (κ1) is 25.1. The summed E-state index contributed by atoms with van der Waals surface area (Å²) in [6, 6.07) is 2.60. The van der Waals surface area contributed by atoms with Crippen LogP contribution < -0.4 is 5.32 Å². The fourth-order valence-electron chi connectivity index (χ4n) is 3.56. The Bertz CT molecular complexity index is 1040. The number of rotatable bonds is 8. The molecular weight excluding hydrogens is 487 g/mol. The number of carboxylic acid groups (broad SMARTS) is 1. The maximum absolute atomic E-state index is 12.6. The number of carbonyl (C=O) groups is 3. The number of amides is 2. The van der Waals surface area contributed by atoms with Gasteiger partial charge in [0.15, 0.2) is 0 Å². The van der Waals surface area contributed by atoms with Crippen LogP contribution in [0.2, 0.25) is 10.0 Å². The van der Waals surface area contributed by atoms with E-state index in [1.165, 1.54) is 24.2 Å². The lowest BCUT2D eigenvalue weighted by Crippen LogP contribution is -2.48. The zero-order valence-corrected chi connectivity index (χ0v) is 20.2. The Balaban J connectivity index is 1.53. The number of thioether (sulfide) groups is 1. The van der Waals surface area contributed by atoms with Crippen LogP contribution in [0.3, 0.4) is 0 Å². The van der Waals surface area contributed by atoms with Gasteiger partial charge in [-0.05, 0) is 36.8 Å². The number of aromatic amines is 1. The molecule has 176 valence electrons. The molecule has 0 aliphatic carbocycles. The van der Waals surface area contributed by atoms with Crippen LogP contribution in [0.15, 0.2) is 35.6 Å². The second-order valence-corrected chi connectivity index (χ2v) is 9.19. The van der Waals surface area contributed by atoms with Gasteiger partial charge >= 0.3 is 5.97 Å². The molecule has 8 nitrogen and oxygen atoms in total. The van der Waals surface area contributed by atoms with Crippen LogP contribution in [0.4, 0.5) is 0 Å². The number of benzene rings is 1. The van der Waals surface area contributed by atoms with Crippen LogP contribution in [-0.4, -0.2) is 63.1 Å². The molecule has 1 aliphatic rings. The summed E-state index contributed by atoms with van der Waals surface area (Å²) in [5, 5.41) is 12.9. The number of likely N-dealkylation sites (tertiary alicyclic amines) is 1. The number of carboxylic acids is 1. The van der Waals surface area contributed by atoms with E-state index >= 15 is 0 Å². The van der Waals surface area contributed by atoms with Crippen molar-refractivity contribution in [3.05, 3.63) is 52.0 Å². The standard InChI is InChI=1S/C22H24Cl2N4O4S/c1-33-17-4-2-13(19(23)20(17)24)3-5-18(29)28-8-6-14(7-9-28)21(30)27-16(22(31)32)10-15-11-25-12-26-15/h2-5,11-12,14,16H,6-10H2,1H3,(H,25,26)(H,27,30)(H,31,32). The maximum atomic E-state index is 12.6. The fraction of sp³-hybridized carbons (Fsp3) is 0.364. The number of nitrogens with one attached hydrogen (secondary N) is 2. The Labute approximate surface area is 205 Å². The molecule has 1 saturated heterocycles. The SMILES string of the molecule is CSc1ccc(C=CC(=O)N2CCC(C(=O)NC(Cc3c[nH]cn3)C(=O)O)CC2)c(Cl)c1Cl. The second-order valence-electron chi connectivity index (χ2n) is 7.58. The second kappa shape index (κ2) is 11.6. The molecule has 0 spiro atoms. The zero-order valence-electron chi connectivity index (χ0n) is 17.9. The fourth-order valence-corrected chi connectivity index (χ4v) is 4.74. The molecule has 3 rings (SSSR count). The number of hydrogen-bond donors (Lipinski definition) is 3. The van der Waals surface area contributed by atoms with Gasteiger partial charge in [-0.3, -0.25) is 9.59 Å². The van der Waals surface area contributed by atoms with E-state index in [9.17, 15) is 19.5 Å². The average molecular weight is 511 g/mol. The molecule has 0 radical (unpaired) electrons. The van der Waals surface area contributed by atoms with Crippen molar-refractivity contribution < 1.29 is 19.5 Å². The minimum atomic E-state index is -1.12. The summed E-state index contributed by atoms with van der Waals surface area (Å²) in [6.07, 6.45) is 9.03. The van der Waals surface area contributed by atoms with Gasteiger partial charge in [0.05, 0.1) is 22.1 Å². The predicted octanol–water partition coefficient (Wildman–Crippen LogP) is 3.50. The molecule has 2 heterocycles. The van der Waals surface area contributed by atoms with Crippen LogP contribution in [-0.2, 0) is 20.8 Å².